The molecule has 78 valence electrons. The van der Waals surface area contributed by atoms with Crippen molar-refractivity contribution in [3.63, 3.8) is 0 Å². The average molecular weight is 241 g/mol. The largest absolute Gasteiger partial charge is 0.235 e. The van der Waals surface area contributed by atoms with Crippen LogP contribution in [0, 0.1) is 6.92 Å². The zero-order valence-corrected chi connectivity index (χ0v) is 9.76. The van der Waals surface area contributed by atoms with Crippen molar-refractivity contribution in [1.29, 1.82) is 0 Å². The molecule has 0 aliphatic heterocycles. The highest BCUT2D eigenvalue weighted by Crippen LogP contribution is 2.22. The zero-order valence-electron chi connectivity index (χ0n) is 8.24. The maximum Gasteiger partial charge on any atom is 0.0835 e. The van der Waals surface area contributed by atoms with E-state index >= 15 is 0 Å². The van der Waals surface area contributed by atoms with E-state index in [1.807, 2.05) is 31.2 Å². The summed E-state index contributed by atoms with van der Waals surface area (Å²) in [6.07, 6.45) is 1.72. The zero-order chi connectivity index (χ0) is 10.8. The molecule has 2 rings (SSSR count). The Labute approximate surface area is 98.4 Å². The summed E-state index contributed by atoms with van der Waals surface area (Å²) in [4.78, 5) is 0. The third-order valence-corrected chi connectivity index (χ3v) is 2.77. The molecule has 1 aromatic carbocycles. The molecular formula is C11H10Cl2N2. The summed E-state index contributed by atoms with van der Waals surface area (Å²) < 4.78 is 1.76. The number of benzene rings is 1. The second-order valence-electron chi connectivity index (χ2n) is 3.32. The molecule has 0 aliphatic carbocycles. The lowest BCUT2D eigenvalue weighted by molar-refractivity contribution is 0.840. The topological polar surface area (TPSA) is 17.8 Å². The van der Waals surface area contributed by atoms with E-state index < -0.39 is 0 Å². The van der Waals surface area contributed by atoms with Crippen LogP contribution in [0.1, 0.15) is 11.3 Å². The maximum atomic E-state index is 6.15. The van der Waals surface area contributed by atoms with Gasteiger partial charge < -0.3 is 0 Å². The van der Waals surface area contributed by atoms with Gasteiger partial charge in [0, 0.05) is 6.20 Å². The molecule has 0 spiro atoms. The molecule has 0 bridgehead atoms. The Hall–Kier alpha value is -0.990. The van der Waals surface area contributed by atoms with Crippen LogP contribution in [-0.2, 0) is 5.88 Å². The Balaban J connectivity index is 2.54. The Morgan fingerprint density at radius 2 is 2.13 bits per heavy atom. The van der Waals surface area contributed by atoms with Crippen molar-refractivity contribution in [2.75, 3.05) is 0 Å². The Kier molecular flexibility index (Phi) is 2.98. The SMILES string of the molecule is Cc1ccc(-n2nccc2CCl)c(Cl)c1. The summed E-state index contributed by atoms with van der Waals surface area (Å²) in [5, 5.41) is 4.88. The van der Waals surface area contributed by atoms with Crippen LogP contribution in [0.2, 0.25) is 5.02 Å². The molecule has 1 aromatic heterocycles. The predicted molar refractivity (Wildman–Crippen MR) is 62.9 cm³/mol. The number of nitrogens with zero attached hydrogens (tertiary/aromatic N) is 2. The molecule has 2 nitrogen and oxygen atoms in total. The van der Waals surface area contributed by atoms with E-state index in [-0.39, 0.29) is 0 Å². The smallest absolute Gasteiger partial charge is 0.0835 e. The van der Waals surface area contributed by atoms with E-state index in [0.29, 0.717) is 10.9 Å². The molecule has 0 saturated carbocycles. The first-order valence-electron chi connectivity index (χ1n) is 4.58. The van der Waals surface area contributed by atoms with Crippen LogP contribution >= 0.6 is 23.2 Å². The third kappa shape index (κ3) is 2.01. The van der Waals surface area contributed by atoms with Gasteiger partial charge in [-0.15, -0.1) is 11.6 Å². The first kappa shape index (κ1) is 10.5. The molecular weight excluding hydrogens is 231 g/mol. The quantitative estimate of drug-likeness (QED) is 0.735. The fraction of sp³-hybridized carbons (Fsp3) is 0.182. The van der Waals surface area contributed by atoms with E-state index in [4.69, 9.17) is 23.2 Å². The molecule has 0 aliphatic rings. The summed E-state index contributed by atoms with van der Waals surface area (Å²) >= 11 is 11.9. The van der Waals surface area contributed by atoms with Crippen LogP contribution in [0.25, 0.3) is 5.69 Å². The molecule has 0 unspecified atom stereocenters. The summed E-state index contributed by atoms with van der Waals surface area (Å²) in [7, 11) is 0. The van der Waals surface area contributed by atoms with Gasteiger partial charge in [0.2, 0.25) is 0 Å². The minimum atomic E-state index is 0.421. The normalized spacial score (nSPS) is 10.6. The van der Waals surface area contributed by atoms with Crippen LogP contribution in [0.15, 0.2) is 30.5 Å². The number of halogens is 2. The van der Waals surface area contributed by atoms with Crippen molar-refractivity contribution >= 4 is 23.2 Å². The van der Waals surface area contributed by atoms with E-state index in [0.717, 1.165) is 16.9 Å². The van der Waals surface area contributed by atoms with Gasteiger partial charge in [-0.25, -0.2) is 4.68 Å². The molecule has 0 atom stereocenters. The molecule has 0 saturated heterocycles. The Bertz CT molecular complexity index is 477. The first-order chi connectivity index (χ1) is 7.22. The summed E-state index contributed by atoms with van der Waals surface area (Å²) in [5.74, 6) is 0.421. The lowest BCUT2D eigenvalue weighted by Crippen LogP contribution is -2.01. The van der Waals surface area contributed by atoms with E-state index in [2.05, 4.69) is 5.10 Å². The molecule has 1 heterocycles. The van der Waals surface area contributed by atoms with Gasteiger partial charge in [-0.3, -0.25) is 0 Å². The van der Waals surface area contributed by atoms with Gasteiger partial charge in [0.15, 0.2) is 0 Å². The molecule has 0 radical (unpaired) electrons. The molecule has 0 fully saturated rings. The van der Waals surface area contributed by atoms with Crippen molar-refractivity contribution in [1.82, 2.24) is 9.78 Å². The number of hydrogen-bond acceptors (Lipinski definition) is 1. The number of aromatic nitrogens is 2. The van der Waals surface area contributed by atoms with Crippen molar-refractivity contribution in [3.05, 3.63) is 46.7 Å². The average Bonchev–Trinajstić information content (AvgIpc) is 2.65. The van der Waals surface area contributed by atoms with Crippen molar-refractivity contribution in [2.24, 2.45) is 0 Å². The predicted octanol–water partition coefficient (Wildman–Crippen LogP) is 3.57. The highest BCUT2D eigenvalue weighted by molar-refractivity contribution is 6.32. The van der Waals surface area contributed by atoms with Gasteiger partial charge in [0.1, 0.15) is 0 Å². The van der Waals surface area contributed by atoms with Crippen LogP contribution in [0.4, 0.5) is 0 Å². The molecule has 15 heavy (non-hydrogen) atoms. The lowest BCUT2D eigenvalue weighted by Gasteiger charge is -2.07. The lowest BCUT2D eigenvalue weighted by atomic mass is 10.2. The summed E-state index contributed by atoms with van der Waals surface area (Å²) in [6.45, 7) is 2.00. The van der Waals surface area contributed by atoms with Crippen molar-refractivity contribution in [3.8, 4) is 5.69 Å². The van der Waals surface area contributed by atoms with E-state index in [1.165, 1.54) is 0 Å². The number of hydrogen-bond donors (Lipinski definition) is 0. The summed E-state index contributed by atoms with van der Waals surface area (Å²) in [6, 6.07) is 7.74. The second kappa shape index (κ2) is 4.25. The fourth-order valence-electron chi connectivity index (χ4n) is 1.43. The number of rotatable bonds is 2. The van der Waals surface area contributed by atoms with Gasteiger partial charge in [0.05, 0.1) is 22.3 Å². The number of aryl methyl sites for hydroxylation is 1. The minimum Gasteiger partial charge on any atom is -0.235 e. The first-order valence-corrected chi connectivity index (χ1v) is 5.49. The van der Waals surface area contributed by atoms with Crippen molar-refractivity contribution < 1.29 is 0 Å². The second-order valence-corrected chi connectivity index (χ2v) is 4.00. The van der Waals surface area contributed by atoms with Gasteiger partial charge in [-0.2, -0.15) is 5.10 Å². The monoisotopic (exact) mass is 240 g/mol. The standard InChI is InChI=1S/C11H10Cl2N2/c1-8-2-3-11(10(13)6-8)15-9(7-12)4-5-14-15/h2-6H,7H2,1H3. The van der Waals surface area contributed by atoms with Gasteiger partial charge in [-0.1, -0.05) is 17.7 Å². The highest BCUT2D eigenvalue weighted by atomic mass is 35.5. The number of alkyl halides is 1. The minimum absolute atomic E-state index is 0.421. The van der Waals surface area contributed by atoms with E-state index in [1.54, 1.807) is 10.9 Å². The van der Waals surface area contributed by atoms with Gasteiger partial charge in [0.25, 0.3) is 0 Å². The summed E-state index contributed by atoms with van der Waals surface area (Å²) in [5.41, 5.74) is 2.92. The van der Waals surface area contributed by atoms with Crippen LogP contribution in [0.5, 0.6) is 0 Å². The molecule has 4 heteroatoms. The highest BCUT2D eigenvalue weighted by Gasteiger charge is 2.07. The van der Waals surface area contributed by atoms with Gasteiger partial charge in [-0.05, 0) is 30.7 Å². The van der Waals surface area contributed by atoms with Crippen LogP contribution in [0.3, 0.4) is 0 Å². The van der Waals surface area contributed by atoms with Crippen molar-refractivity contribution in [2.45, 2.75) is 12.8 Å². The van der Waals surface area contributed by atoms with Crippen LogP contribution in [-0.4, -0.2) is 9.78 Å². The van der Waals surface area contributed by atoms with E-state index in [9.17, 15) is 0 Å². The molecule has 2 aromatic rings. The Morgan fingerprint density at radius 1 is 1.33 bits per heavy atom. The van der Waals surface area contributed by atoms with Crippen LogP contribution < -0.4 is 0 Å². The Morgan fingerprint density at radius 3 is 2.80 bits per heavy atom. The maximum absolute atomic E-state index is 6.15. The molecule has 0 N–H and O–H groups in total. The molecule has 0 amide bonds. The van der Waals surface area contributed by atoms with Gasteiger partial charge >= 0.3 is 0 Å². The third-order valence-electron chi connectivity index (χ3n) is 2.19. The fourth-order valence-corrected chi connectivity index (χ4v) is 1.95.